The zero-order valence-corrected chi connectivity index (χ0v) is 3.36. The smallest absolute Gasteiger partial charge is 0.450 e. The third-order valence-electron chi connectivity index (χ3n) is 0. The summed E-state index contributed by atoms with van der Waals surface area (Å²) in [4.78, 5) is 8.56. The maximum atomic E-state index is 8.56. The van der Waals surface area contributed by atoms with Crippen LogP contribution in [-0.2, 0) is 17.1 Å². The van der Waals surface area contributed by atoms with E-state index < -0.39 is 6.16 Å². The number of carboxylic acid groups (broad SMARTS) is 2. The van der Waals surface area contributed by atoms with Crippen molar-refractivity contribution in [3.05, 3.63) is 0 Å². The first-order chi connectivity index (χ1) is 1.73. The number of rotatable bonds is 0. The van der Waals surface area contributed by atoms with Gasteiger partial charge >= 0.3 is 29.2 Å². The molecule has 3 nitrogen and oxygen atoms in total. The van der Waals surface area contributed by atoms with E-state index in [0.717, 1.165) is 0 Å². The Kier molecular flexibility index (Phi) is 24.3. The van der Waals surface area contributed by atoms with Crippen molar-refractivity contribution in [2.45, 2.75) is 0 Å². The van der Waals surface area contributed by atoms with E-state index in [1.165, 1.54) is 0 Å². The third kappa shape index (κ3) is 187. The van der Waals surface area contributed by atoms with Gasteiger partial charge in [0.15, 0.2) is 0 Å². The van der Waals surface area contributed by atoms with Crippen molar-refractivity contribution in [2.75, 3.05) is 0 Å². The van der Waals surface area contributed by atoms with Crippen LogP contribution in [0.1, 0.15) is 0 Å². The summed E-state index contributed by atoms with van der Waals surface area (Å²) in [6.45, 7) is 0. The molecule has 1 radical (unpaired) electrons. The standard InChI is InChI=1S/CH2O3.Mg.Mn.2H/c2-1(3)4;;;;/h(H2,2,3,4);;;;. The first-order valence-electron chi connectivity index (χ1n) is 0.651. The molecule has 0 amide bonds. The molecule has 0 aromatic carbocycles. The van der Waals surface area contributed by atoms with Crippen LogP contribution in [0, 0.1) is 0 Å². The van der Waals surface area contributed by atoms with Crippen LogP contribution in [0.25, 0.3) is 0 Å². The van der Waals surface area contributed by atoms with Crippen LogP contribution in [0.5, 0.6) is 0 Å². The topological polar surface area (TPSA) is 57.5 Å². The quantitative estimate of drug-likeness (QED) is 0.441. The minimum absolute atomic E-state index is 0. The SMILES string of the molecule is O=C(O)O.[MgH2].[Mn]. The van der Waals surface area contributed by atoms with Crippen LogP contribution >= 0.6 is 0 Å². The van der Waals surface area contributed by atoms with Gasteiger partial charge in [0.05, 0.1) is 0 Å². The Hall–Kier alpha value is 0.556. The summed E-state index contributed by atoms with van der Waals surface area (Å²) in [6, 6.07) is 0. The zero-order valence-electron chi connectivity index (χ0n) is 2.18. The summed E-state index contributed by atoms with van der Waals surface area (Å²) in [7, 11) is 0. The summed E-state index contributed by atoms with van der Waals surface area (Å²) in [5.74, 6) is 0. The van der Waals surface area contributed by atoms with E-state index in [1.807, 2.05) is 0 Å². The van der Waals surface area contributed by atoms with Crippen LogP contribution in [0.15, 0.2) is 0 Å². The molecule has 2 N–H and O–H groups in total. The van der Waals surface area contributed by atoms with Gasteiger partial charge in [0, 0.05) is 17.1 Å². The van der Waals surface area contributed by atoms with E-state index in [0.29, 0.717) is 0 Å². The van der Waals surface area contributed by atoms with Gasteiger partial charge in [-0.15, -0.1) is 0 Å². The normalized spacial score (nSPS) is 4.00. The van der Waals surface area contributed by atoms with E-state index >= 15 is 0 Å². The van der Waals surface area contributed by atoms with Crippen molar-refractivity contribution in [3.8, 4) is 0 Å². The van der Waals surface area contributed by atoms with Crippen LogP contribution in [0.4, 0.5) is 4.79 Å². The fourth-order valence-electron chi connectivity index (χ4n) is 0. The fourth-order valence-corrected chi connectivity index (χ4v) is 0. The molecule has 0 aliphatic heterocycles. The molecule has 0 saturated carbocycles. The van der Waals surface area contributed by atoms with E-state index in [9.17, 15) is 0 Å². The molecule has 0 aromatic heterocycles. The van der Waals surface area contributed by atoms with Crippen LogP contribution < -0.4 is 0 Å². The second-order valence-corrected chi connectivity index (χ2v) is 0.283. The molecule has 0 bridgehead atoms. The van der Waals surface area contributed by atoms with Crippen molar-refractivity contribution < 1.29 is 32.1 Å². The monoisotopic (exact) mass is 143 g/mol. The van der Waals surface area contributed by atoms with Gasteiger partial charge in [-0.1, -0.05) is 0 Å². The molecule has 6 heavy (non-hydrogen) atoms. The van der Waals surface area contributed by atoms with Gasteiger partial charge in [-0.3, -0.25) is 0 Å². The van der Waals surface area contributed by atoms with Crippen LogP contribution in [0.3, 0.4) is 0 Å². The van der Waals surface area contributed by atoms with Crippen molar-refractivity contribution in [2.24, 2.45) is 0 Å². The number of hydrogen-bond donors (Lipinski definition) is 2. The van der Waals surface area contributed by atoms with Gasteiger partial charge in [-0.05, 0) is 0 Å². The first kappa shape index (κ1) is 16.0. The first-order valence-corrected chi connectivity index (χ1v) is 0.651. The van der Waals surface area contributed by atoms with E-state index in [-0.39, 0.29) is 40.1 Å². The molecular weight excluding hydrogens is 139 g/mol. The average Bonchev–Trinajstić information content (AvgIpc) is 0.811. The summed E-state index contributed by atoms with van der Waals surface area (Å²) in [5.41, 5.74) is 0. The molecule has 0 aliphatic carbocycles. The predicted octanol–water partition coefficient (Wildman–Crippen LogP) is -0.696. The maximum Gasteiger partial charge on any atom is 0.503 e. The molecule has 0 spiro atoms. The van der Waals surface area contributed by atoms with Crippen LogP contribution in [-0.4, -0.2) is 39.4 Å². The average molecular weight is 143 g/mol. The van der Waals surface area contributed by atoms with Crippen molar-refractivity contribution in [3.63, 3.8) is 0 Å². The summed E-state index contributed by atoms with van der Waals surface area (Å²) in [5, 5.41) is 13.9. The Morgan fingerprint density at radius 2 is 1.33 bits per heavy atom. The second-order valence-electron chi connectivity index (χ2n) is 0.283. The Morgan fingerprint density at radius 3 is 1.33 bits per heavy atom. The van der Waals surface area contributed by atoms with Gasteiger partial charge in [-0.2, -0.15) is 0 Å². The van der Waals surface area contributed by atoms with E-state index in [2.05, 4.69) is 0 Å². The molecule has 0 fully saturated rings. The van der Waals surface area contributed by atoms with E-state index in [4.69, 9.17) is 15.0 Å². The summed E-state index contributed by atoms with van der Waals surface area (Å²) in [6.07, 6.45) is -1.83. The molecule has 5 heteroatoms. The number of hydrogen-bond acceptors (Lipinski definition) is 1. The largest absolute Gasteiger partial charge is 0.503 e. The minimum Gasteiger partial charge on any atom is -0.450 e. The Bertz CT molecular complexity index is 33.8. The van der Waals surface area contributed by atoms with Crippen molar-refractivity contribution in [1.29, 1.82) is 0 Å². The van der Waals surface area contributed by atoms with Gasteiger partial charge in [0.2, 0.25) is 0 Å². The molecule has 0 atom stereocenters. The Labute approximate surface area is 61.4 Å². The second kappa shape index (κ2) is 9.12. The third-order valence-corrected chi connectivity index (χ3v) is 0. The predicted molar refractivity (Wildman–Crippen MR) is 19.2 cm³/mol. The molecule has 0 aromatic rings. The van der Waals surface area contributed by atoms with Crippen molar-refractivity contribution in [1.82, 2.24) is 0 Å². The Balaban J connectivity index is -0.0000000450. The van der Waals surface area contributed by atoms with Gasteiger partial charge in [-0.25, -0.2) is 4.79 Å². The molecule has 0 rings (SSSR count). The molecule has 0 aliphatic rings. The number of carbonyl (C=O) groups is 1. The Morgan fingerprint density at radius 1 is 1.33 bits per heavy atom. The van der Waals surface area contributed by atoms with Crippen LogP contribution in [0.2, 0.25) is 0 Å². The van der Waals surface area contributed by atoms with Gasteiger partial charge < -0.3 is 10.2 Å². The maximum absolute atomic E-state index is 8.56. The molecule has 0 unspecified atom stereocenters. The molecule has 35 valence electrons. The molecular formula is CH4MgMnO3. The van der Waals surface area contributed by atoms with Gasteiger partial charge in [0.25, 0.3) is 0 Å². The minimum atomic E-state index is -1.83. The molecule has 0 heterocycles. The van der Waals surface area contributed by atoms with Gasteiger partial charge in [0.1, 0.15) is 0 Å². The van der Waals surface area contributed by atoms with Crippen molar-refractivity contribution >= 4 is 29.2 Å². The summed E-state index contributed by atoms with van der Waals surface area (Å²) < 4.78 is 0. The fraction of sp³-hybridized carbons (Fsp3) is 0. The van der Waals surface area contributed by atoms with E-state index in [1.54, 1.807) is 0 Å². The molecule has 0 saturated heterocycles. The zero-order chi connectivity index (χ0) is 3.58. The summed E-state index contributed by atoms with van der Waals surface area (Å²) >= 11 is 0.